The summed E-state index contributed by atoms with van der Waals surface area (Å²) in [5.74, 6) is -1.68. The highest BCUT2D eigenvalue weighted by molar-refractivity contribution is 6.39. The van der Waals surface area contributed by atoms with Crippen LogP contribution in [0.25, 0.3) is 0 Å². The van der Waals surface area contributed by atoms with Crippen molar-refractivity contribution in [1.29, 1.82) is 5.26 Å². The molecule has 8 heteroatoms. The molecule has 0 fully saturated rings. The molecule has 0 heterocycles. The zero-order valence-electron chi connectivity index (χ0n) is 20.7. The summed E-state index contributed by atoms with van der Waals surface area (Å²) in [5.41, 5.74) is 2.48. The third kappa shape index (κ3) is 7.49. The molecule has 0 saturated heterocycles. The molecule has 3 rings (SSSR count). The van der Waals surface area contributed by atoms with E-state index in [4.69, 9.17) is 39.5 Å². The Hall–Kier alpha value is -3.04. The first-order chi connectivity index (χ1) is 17.6. The van der Waals surface area contributed by atoms with Gasteiger partial charge in [-0.2, -0.15) is 5.26 Å². The Balaban J connectivity index is 1.84. The van der Waals surface area contributed by atoms with Gasteiger partial charge in [-0.3, -0.25) is 4.79 Å². The maximum absolute atomic E-state index is 13.4. The highest BCUT2D eigenvalue weighted by atomic mass is 35.5. The predicted octanol–water partition coefficient (Wildman–Crippen LogP) is 7.23. The average molecular weight is 558 g/mol. The molecular formula is C29H27Cl3N2O3. The number of hydrogen-bond acceptors (Lipinski definition) is 4. The van der Waals surface area contributed by atoms with Crippen LogP contribution in [0.15, 0.2) is 66.7 Å². The van der Waals surface area contributed by atoms with E-state index in [0.29, 0.717) is 17.0 Å². The summed E-state index contributed by atoms with van der Waals surface area (Å²) in [5, 5.41) is 13.3. The summed E-state index contributed by atoms with van der Waals surface area (Å²) in [7, 11) is 0. The van der Waals surface area contributed by atoms with Crippen LogP contribution < -0.4 is 5.32 Å². The van der Waals surface area contributed by atoms with E-state index in [0.717, 1.165) is 11.1 Å². The molecule has 0 saturated carbocycles. The van der Waals surface area contributed by atoms with Gasteiger partial charge in [-0.1, -0.05) is 79.0 Å². The SMILES string of the molecule is CC(C)C(OC(=O)c1c(Cl)cccc1Cl)C(=O)NC(C)C(Cc1ccc(Cl)cc1)c1cccc(C#N)c1. The number of hydrogen-bond donors (Lipinski definition) is 1. The molecule has 3 atom stereocenters. The van der Waals surface area contributed by atoms with E-state index in [1.54, 1.807) is 26.0 Å². The zero-order chi connectivity index (χ0) is 27.1. The van der Waals surface area contributed by atoms with Gasteiger partial charge in [0, 0.05) is 17.0 Å². The normalized spacial score (nSPS) is 13.4. The Morgan fingerprint density at radius 2 is 1.57 bits per heavy atom. The van der Waals surface area contributed by atoms with E-state index in [-0.39, 0.29) is 33.5 Å². The van der Waals surface area contributed by atoms with Crippen molar-refractivity contribution < 1.29 is 14.3 Å². The molecule has 3 unspecified atom stereocenters. The number of nitrogens with zero attached hydrogens (tertiary/aromatic N) is 1. The first-order valence-electron chi connectivity index (χ1n) is 11.8. The van der Waals surface area contributed by atoms with Gasteiger partial charge >= 0.3 is 5.97 Å². The molecule has 0 spiro atoms. The second-order valence-electron chi connectivity index (χ2n) is 9.14. The third-order valence-corrected chi connectivity index (χ3v) is 6.93. The van der Waals surface area contributed by atoms with Crippen molar-refractivity contribution in [1.82, 2.24) is 5.32 Å². The topological polar surface area (TPSA) is 79.2 Å². The van der Waals surface area contributed by atoms with Crippen molar-refractivity contribution in [2.75, 3.05) is 0 Å². The van der Waals surface area contributed by atoms with Crippen LogP contribution in [0.1, 0.15) is 53.7 Å². The molecule has 37 heavy (non-hydrogen) atoms. The second kappa shape index (κ2) is 13.0. The summed E-state index contributed by atoms with van der Waals surface area (Å²) < 4.78 is 5.60. The fraction of sp³-hybridized carbons (Fsp3) is 0.276. The van der Waals surface area contributed by atoms with Crippen LogP contribution in [0.3, 0.4) is 0 Å². The van der Waals surface area contributed by atoms with E-state index in [2.05, 4.69) is 11.4 Å². The van der Waals surface area contributed by atoms with Gasteiger partial charge in [0.05, 0.1) is 27.2 Å². The summed E-state index contributed by atoms with van der Waals surface area (Å²) in [6.45, 7) is 5.47. The minimum absolute atomic E-state index is 0.0197. The average Bonchev–Trinajstić information content (AvgIpc) is 2.86. The first-order valence-corrected chi connectivity index (χ1v) is 12.9. The minimum atomic E-state index is -1.07. The van der Waals surface area contributed by atoms with Gasteiger partial charge in [0.15, 0.2) is 6.10 Å². The lowest BCUT2D eigenvalue weighted by molar-refractivity contribution is -0.133. The summed E-state index contributed by atoms with van der Waals surface area (Å²) in [4.78, 5) is 26.2. The number of nitriles is 1. The number of ether oxygens (including phenoxy) is 1. The van der Waals surface area contributed by atoms with Gasteiger partial charge in [0.1, 0.15) is 0 Å². The minimum Gasteiger partial charge on any atom is -0.448 e. The van der Waals surface area contributed by atoms with Crippen LogP contribution in [0.5, 0.6) is 0 Å². The third-order valence-electron chi connectivity index (χ3n) is 6.05. The van der Waals surface area contributed by atoms with Crippen molar-refractivity contribution in [3.63, 3.8) is 0 Å². The van der Waals surface area contributed by atoms with E-state index in [1.807, 2.05) is 49.4 Å². The molecule has 0 aliphatic rings. The van der Waals surface area contributed by atoms with Crippen molar-refractivity contribution in [3.05, 3.63) is 104 Å². The van der Waals surface area contributed by atoms with Gasteiger partial charge in [-0.05, 0) is 66.8 Å². The van der Waals surface area contributed by atoms with Crippen LogP contribution in [0, 0.1) is 17.2 Å². The number of carbonyl (C=O) groups excluding carboxylic acids is 2. The molecule has 1 amide bonds. The van der Waals surface area contributed by atoms with Crippen LogP contribution in [-0.4, -0.2) is 24.0 Å². The molecule has 0 aromatic heterocycles. The van der Waals surface area contributed by atoms with E-state index >= 15 is 0 Å². The maximum atomic E-state index is 13.4. The Morgan fingerprint density at radius 3 is 2.16 bits per heavy atom. The van der Waals surface area contributed by atoms with Crippen molar-refractivity contribution in [2.24, 2.45) is 5.92 Å². The highest BCUT2D eigenvalue weighted by Gasteiger charge is 2.31. The molecular weight excluding hydrogens is 531 g/mol. The summed E-state index contributed by atoms with van der Waals surface area (Å²) >= 11 is 18.4. The maximum Gasteiger partial charge on any atom is 0.341 e. The van der Waals surface area contributed by atoms with Crippen LogP contribution >= 0.6 is 34.8 Å². The van der Waals surface area contributed by atoms with Gasteiger partial charge < -0.3 is 10.1 Å². The second-order valence-corrected chi connectivity index (χ2v) is 10.4. The smallest absolute Gasteiger partial charge is 0.341 e. The number of amides is 1. The molecule has 1 N–H and O–H groups in total. The van der Waals surface area contributed by atoms with Gasteiger partial charge in [-0.15, -0.1) is 0 Å². The van der Waals surface area contributed by atoms with Crippen LogP contribution in [0.2, 0.25) is 15.1 Å². The highest BCUT2D eigenvalue weighted by Crippen LogP contribution is 2.28. The lowest BCUT2D eigenvalue weighted by Crippen LogP contribution is -2.46. The molecule has 0 aliphatic heterocycles. The van der Waals surface area contributed by atoms with Gasteiger partial charge in [0.25, 0.3) is 5.91 Å². The Bertz CT molecular complexity index is 1280. The number of halogens is 3. The largest absolute Gasteiger partial charge is 0.448 e. The molecule has 5 nitrogen and oxygen atoms in total. The fourth-order valence-electron chi connectivity index (χ4n) is 4.06. The number of esters is 1. The Labute approximate surface area is 232 Å². The fourth-order valence-corrected chi connectivity index (χ4v) is 4.74. The monoisotopic (exact) mass is 556 g/mol. The van der Waals surface area contributed by atoms with E-state index in [1.165, 1.54) is 12.1 Å². The predicted molar refractivity (Wildman–Crippen MR) is 147 cm³/mol. The Morgan fingerprint density at radius 1 is 0.946 bits per heavy atom. The molecule has 0 radical (unpaired) electrons. The quantitative estimate of drug-likeness (QED) is 0.281. The van der Waals surface area contributed by atoms with Gasteiger partial charge in [-0.25, -0.2) is 4.79 Å². The lowest BCUT2D eigenvalue weighted by atomic mass is 9.85. The number of nitrogens with one attached hydrogen (secondary N) is 1. The van der Waals surface area contributed by atoms with Gasteiger partial charge in [0.2, 0.25) is 0 Å². The molecule has 0 aliphatic carbocycles. The van der Waals surface area contributed by atoms with Crippen molar-refractivity contribution in [3.8, 4) is 6.07 Å². The van der Waals surface area contributed by atoms with Crippen LogP contribution in [-0.2, 0) is 16.0 Å². The molecule has 0 bridgehead atoms. The first kappa shape index (κ1) is 28.5. The zero-order valence-corrected chi connectivity index (χ0v) is 22.9. The Kier molecular flexibility index (Phi) is 10.00. The molecule has 3 aromatic rings. The van der Waals surface area contributed by atoms with E-state index < -0.39 is 18.0 Å². The molecule has 3 aromatic carbocycles. The van der Waals surface area contributed by atoms with Crippen LogP contribution in [0.4, 0.5) is 0 Å². The van der Waals surface area contributed by atoms with E-state index in [9.17, 15) is 14.9 Å². The number of rotatable bonds is 9. The molecule has 192 valence electrons. The lowest BCUT2D eigenvalue weighted by Gasteiger charge is -2.29. The number of carbonyl (C=O) groups is 2. The summed E-state index contributed by atoms with van der Waals surface area (Å²) in [6, 6.07) is 21.3. The number of benzene rings is 3. The van der Waals surface area contributed by atoms with Crippen molar-refractivity contribution >= 4 is 46.7 Å². The van der Waals surface area contributed by atoms with Crippen molar-refractivity contribution in [2.45, 2.75) is 45.3 Å². The standard InChI is InChI=1S/C29H27Cl3N2O3/c1-17(2)27(37-29(36)26-24(31)8-5-9-25(26)32)28(35)34-18(3)23(15-19-10-12-22(30)13-11-19)21-7-4-6-20(14-21)16-33/h4-14,17-18,23,27H,15H2,1-3H3,(H,34,35). The summed E-state index contributed by atoms with van der Waals surface area (Å²) in [6.07, 6.45) is -0.474.